The summed E-state index contributed by atoms with van der Waals surface area (Å²) in [5.41, 5.74) is 3.76. The molecule has 3 aromatic carbocycles. The summed E-state index contributed by atoms with van der Waals surface area (Å²) < 4.78 is 5.53. The largest absolute Gasteiger partial charge is 0.508 e. The van der Waals surface area contributed by atoms with Crippen molar-refractivity contribution in [2.75, 3.05) is 5.32 Å². The normalized spacial score (nSPS) is 17.4. The number of rotatable bonds is 9. The van der Waals surface area contributed by atoms with Gasteiger partial charge in [0, 0.05) is 18.2 Å². The van der Waals surface area contributed by atoms with Crippen LogP contribution in [0.3, 0.4) is 0 Å². The number of anilines is 1. The van der Waals surface area contributed by atoms with E-state index in [1.165, 1.54) is 0 Å². The predicted molar refractivity (Wildman–Crippen MR) is 168 cm³/mol. The molecule has 0 aliphatic heterocycles. The Morgan fingerprint density at radius 3 is 2.14 bits per heavy atom. The third kappa shape index (κ3) is 7.95. The number of phenols is 1. The zero-order valence-corrected chi connectivity index (χ0v) is 26.1. The lowest BCUT2D eigenvalue weighted by atomic mass is 9.98. The van der Waals surface area contributed by atoms with Crippen LogP contribution in [0, 0.1) is 26.7 Å². The Balaban J connectivity index is 1.79. The Morgan fingerprint density at radius 1 is 0.953 bits per heavy atom. The number of carbonyl (C=O) groups excluding carboxylic acids is 3. The standard InChI is InChI=1S/C35H43N3O5/c1-21-12-11-13-22(2)30(21)37-32(40)31(26-16-17-29(39)24(4)18-26)38(28-19-23(28)3)33(41)27(20-25-14-9-8-10-15-25)36-34(42)43-35(5,6)7/h8-18,23,27-28,31,39H,19-20H2,1-7H3,(H,36,42)(H,37,40). The fourth-order valence-electron chi connectivity index (χ4n) is 5.34. The molecule has 4 unspecified atom stereocenters. The molecular weight excluding hydrogens is 542 g/mol. The summed E-state index contributed by atoms with van der Waals surface area (Å²) in [4.78, 5) is 43.6. The lowest BCUT2D eigenvalue weighted by Crippen LogP contribution is -2.54. The highest BCUT2D eigenvalue weighted by Crippen LogP contribution is 2.42. The van der Waals surface area contributed by atoms with Crippen LogP contribution in [0.4, 0.5) is 10.5 Å². The smallest absolute Gasteiger partial charge is 0.408 e. The van der Waals surface area contributed by atoms with E-state index in [0.29, 0.717) is 16.8 Å². The van der Waals surface area contributed by atoms with Crippen LogP contribution in [0.5, 0.6) is 5.75 Å². The van der Waals surface area contributed by atoms with E-state index in [1.54, 1.807) is 50.8 Å². The van der Waals surface area contributed by atoms with E-state index in [4.69, 9.17) is 4.74 Å². The number of carbonyl (C=O) groups is 3. The molecule has 228 valence electrons. The maximum atomic E-state index is 14.7. The second-order valence-corrected chi connectivity index (χ2v) is 12.6. The van der Waals surface area contributed by atoms with Crippen LogP contribution in [-0.4, -0.2) is 45.6 Å². The number of amides is 3. The minimum Gasteiger partial charge on any atom is -0.508 e. The van der Waals surface area contributed by atoms with Crippen molar-refractivity contribution in [1.29, 1.82) is 0 Å². The molecule has 0 aromatic heterocycles. The zero-order chi connectivity index (χ0) is 31.5. The zero-order valence-electron chi connectivity index (χ0n) is 26.1. The number of aryl methyl sites for hydroxylation is 3. The van der Waals surface area contributed by atoms with Gasteiger partial charge in [0.25, 0.3) is 5.91 Å². The van der Waals surface area contributed by atoms with E-state index in [2.05, 4.69) is 10.6 Å². The van der Waals surface area contributed by atoms with Crippen molar-refractivity contribution in [1.82, 2.24) is 10.2 Å². The van der Waals surface area contributed by atoms with Crippen molar-refractivity contribution in [3.05, 3.63) is 94.5 Å². The first-order valence-electron chi connectivity index (χ1n) is 14.8. The molecule has 0 bridgehead atoms. The van der Waals surface area contributed by atoms with Gasteiger partial charge < -0.3 is 25.4 Å². The third-order valence-corrected chi connectivity index (χ3v) is 7.74. The van der Waals surface area contributed by atoms with Crippen molar-refractivity contribution in [2.24, 2.45) is 5.92 Å². The lowest BCUT2D eigenvalue weighted by Gasteiger charge is -2.35. The minimum absolute atomic E-state index is 0.101. The molecule has 1 aliphatic carbocycles. The Labute approximate surface area is 254 Å². The number of alkyl carbamates (subject to hydrolysis) is 1. The molecule has 3 N–H and O–H groups in total. The highest BCUT2D eigenvalue weighted by molar-refractivity contribution is 6.00. The predicted octanol–water partition coefficient (Wildman–Crippen LogP) is 6.37. The molecular formula is C35H43N3O5. The average Bonchev–Trinajstić information content (AvgIpc) is 3.65. The van der Waals surface area contributed by atoms with Gasteiger partial charge >= 0.3 is 6.09 Å². The van der Waals surface area contributed by atoms with Crippen LogP contribution in [-0.2, 0) is 20.7 Å². The number of para-hydroxylation sites is 1. The van der Waals surface area contributed by atoms with E-state index in [9.17, 15) is 19.5 Å². The Bertz CT molecular complexity index is 1460. The number of benzene rings is 3. The Hall–Kier alpha value is -4.33. The van der Waals surface area contributed by atoms with Gasteiger partial charge in [-0.1, -0.05) is 61.5 Å². The van der Waals surface area contributed by atoms with Gasteiger partial charge in [-0.3, -0.25) is 9.59 Å². The van der Waals surface area contributed by atoms with Gasteiger partial charge in [0.2, 0.25) is 5.91 Å². The van der Waals surface area contributed by atoms with Gasteiger partial charge in [0.05, 0.1) is 0 Å². The molecule has 8 nitrogen and oxygen atoms in total. The number of hydrogen-bond donors (Lipinski definition) is 3. The van der Waals surface area contributed by atoms with Gasteiger partial charge in [-0.15, -0.1) is 0 Å². The highest BCUT2D eigenvalue weighted by Gasteiger charge is 2.48. The van der Waals surface area contributed by atoms with Crippen molar-refractivity contribution < 1.29 is 24.2 Å². The summed E-state index contributed by atoms with van der Waals surface area (Å²) >= 11 is 0. The average molecular weight is 586 g/mol. The third-order valence-electron chi connectivity index (χ3n) is 7.74. The van der Waals surface area contributed by atoms with Gasteiger partial charge in [0.15, 0.2) is 0 Å². The summed E-state index contributed by atoms with van der Waals surface area (Å²) in [5, 5.41) is 16.2. The molecule has 1 aliphatic rings. The van der Waals surface area contributed by atoms with Crippen LogP contribution in [0.25, 0.3) is 0 Å². The van der Waals surface area contributed by atoms with Crippen LogP contribution in [0.2, 0.25) is 0 Å². The first kappa shape index (κ1) is 31.6. The molecule has 1 fully saturated rings. The van der Waals surface area contributed by atoms with Crippen molar-refractivity contribution in [3.8, 4) is 5.75 Å². The SMILES string of the molecule is Cc1cc(C(C(=O)Nc2c(C)cccc2C)N(C(=O)C(Cc2ccccc2)NC(=O)OC(C)(C)C)C2CC2C)ccc1O. The van der Waals surface area contributed by atoms with E-state index < -0.39 is 23.8 Å². The summed E-state index contributed by atoms with van der Waals surface area (Å²) in [6, 6.07) is 18.0. The van der Waals surface area contributed by atoms with Crippen LogP contribution >= 0.6 is 0 Å². The summed E-state index contributed by atoms with van der Waals surface area (Å²) in [5.74, 6) is -0.484. The topological polar surface area (TPSA) is 108 Å². The summed E-state index contributed by atoms with van der Waals surface area (Å²) in [6.07, 6.45) is 0.235. The van der Waals surface area contributed by atoms with Gasteiger partial charge in [-0.05, 0) is 93.8 Å². The van der Waals surface area contributed by atoms with E-state index in [0.717, 1.165) is 23.1 Å². The van der Waals surface area contributed by atoms with E-state index in [-0.39, 0.29) is 35.9 Å². The van der Waals surface area contributed by atoms with Gasteiger partial charge in [-0.25, -0.2) is 4.79 Å². The van der Waals surface area contributed by atoms with Crippen LogP contribution in [0.15, 0.2) is 66.7 Å². The fraction of sp³-hybridized carbons (Fsp3) is 0.400. The number of nitrogens with one attached hydrogen (secondary N) is 2. The molecule has 0 heterocycles. The molecule has 0 radical (unpaired) electrons. The molecule has 4 rings (SSSR count). The van der Waals surface area contributed by atoms with Gasteiger partial charge in [-0.2, -0.15) is 0 Å². The van der Waals surface area contributed by atoms with Crippen molar-refractivity contribution >= 4 is 23.6 Å². The summed E-state index contributed by atoms with van der Waals surface area (Å²) in [7, 11) is 0. The number of ether oxygens (including phenoxy) is 1. The fourth-order valence-corrected chi connectivity index (χ4v) is 5.34. The first-order valence-corrected chi connectivity index (χ1v) is 14.8. The molecule has 0 saturated heterocycles. The molecule has 1 saturated carbocycles. The second-order valence-electron chi connectivity index (χ2n) is 12.6. The maximum absolute atomic E-state index is 14.7. The van der Waals surface area contributed by atoms with E-state index >= 15 is 0 Å². The molecule has 3 amide bonds. The first-order chi connectivity index (χ1) is 20.2. The minimum atomic E-state index is -1.01. The van der Waals surface area contributed by atoms with Crippen LogP contribution < -0.4 is 10.6 Å². The van der Waals surface area contributed by atoms with Crippen LogP contribution in [0.1, 0.15) is 68.0 Å². The quantitative estimate of drug-likeness (QED) is 0.271. The second kappa shape index (κ2) is 12.9. The van der Waals surface area contributed by atoms with Crippen molar-refractivity contribution in [2.45, 2.75) is 85.0 Å². The summed E-state index contributed by atoms with van der Waals surface area (Å²) in [6.45, 7) is 12.9. The maximum Gasteiger partial charge on any atom is 0.408 e. The lowest BCUT2D eigenvalue weighted by molar-refractivity contribution is -0.141. The number of nitrogens with zero attached hydrogens (tertiary/aromatic N) is 1. The Morgan fingerprint density at radius 2 is 1.58 bits per heavy atom. The molecule has 4 atom stereocenters. The molecule has 0 spiro atoms. The van der Waals surface area contributed by atoms with Crippen molar-refractivity contribution in [3.63, 3.8) is 0 Å². The Kier molecular flexibility index (Phi) is 9.48. The van der Waals surface area contributed by atoms with E-state index in [1.807, 2.05) is 69.3 Å². The molecule has 8 heteroatoms. The monoisotopic (exact) mass is 585 g/mol. The highest BCUT2D eigenvalue weighted by atomic mass is 16.6. The molecule has 3 aromatic rings. The molecule has 43 heavy (non-hydrogen) atoms. The number of phenolic OH excluding ortho intramolecular Hbond substituents is 1. The number of aromatic hydroxyl groups is 1. The van der Waals surface area contributed by atoms with Gasteiger partial charge in [0.1, 0.15) is 23.4 Å². The number of hydrogen-bond acceptors (Lipinski definition) is 5.